The van der Waals surface area contributed by atoms with Crippen molar-refractivity contribution in [2.75, 3.05) is 0 Å². The van der Waals surface area contributed by atoms with Gasteiger partial charge in [-0.05, 0) is 0 Å². The van der Waals surface area contributed by atoms with Gasteiger partial charge in [-0.3, -0.25) is 0 Å². The van der Waals surface area contributed by atoms with Gasteiger partial charge >= 0.3 is 154 Å². The minimum absolute atomic E-state index is 0.382. The van der Waals surface area contributed by atoms with Crippen LogP contribution >= 0.6 is 0 Å². The number of nitrogens with zero attached hydrogens (tertiary/aromatic N) is 2. The summed E-state index contributed by atoms with van der Waals surface area (Å²) in [4.78, 5) is 0. The van der Waals surface area contributed by atoms with Crippen LogP contribution in [0.5, 0.6) is 0 Å². The second kappa shape index (κ2) is 6.51. The summed E-state index contributed by atoms with van der Waals surface area (Å²) in [5.74, 6) is 0. The van der Waals surface area contributed by atoms with Crippen molar-refractivity contribution >= 4 is 36.4 Å². The average Bonchev–Trinajstić information content (AvgIpc) is 3.10. The molecule has 0 aliphatic carbocycles. The molecular formula is C22H21N2Se+. The van der Waals surface area contributed by atoms with E-state index in [2.05, 4.69) is 103 Å². The molecule has 4 rings (SSSR count). The number of fused-ring (bicyclic) bond motifs is 1. The summed E-state index contributed by atoms with van der Waals surface area (Å²) in [6.45, 7) is 4.37. The Hall–Kier alpha value is -2.35. The molecule has 0 fully saturated rings. The summed E-state index contributed by atoms with van der Waals surface area (Å²) in [6, 6.07) is 21.5. The normalized spacial score (nSPS) is 11.6. The fraction of sp³-hybridized carbons (Fsp3) is 0.136. The molecule has 2 heterocycles. The minimum atomic E-state index is 0.382. The topological polar surface area (TPSA) is 8.81 Å². The first-order valence-electron chi connectivity index (χ1n) is 8.45. The number of para-hydroxylation sites is 2. The van der Waals surface area contributed by atoms with E-state index in [-0.39, 0.29) is 0 Å². The van der Waals surface area contributed by atoms with Crippen molar-refractivity contribution in [3.8, 4) is 5.69 Å². The van der Waals surface area contributed by atoms with E-state index < -0.39 is 0 Å². The number of aryl methyl sites for hydroxylation is 2. The average molecular weight is 392 g/mol. The van der Waals surface area contributed by atoms with Gasteiger partial charge in [0.1, 0.15) is 0 Å². The Morgan fingerprint density at radius 1 is 0.920 bits per heavy atom. The van der Waals surface area contributed by atoms with Gasteiger partial charge in [0.15, 0.2) is 0 Å². The van der Waals surface area contributed by atoms with E-state index >= 15 is 0 Å². The Balaban J connectivity index is 1.73. The molecule has 0 atom stereocenters. The number of hydrogen-bond donors (Lipinski definition) is 0. The van der Waals surface area contributed by atoms with Crippen molar-refractivity contribution in [2.45, 2.75) is 13.8 Å². The summed E-state index contributed by atoms with van der Waals surface area (Å²) in [7, 11) is 2.17. The summed E-state index contributed by atoms with van der Waals surface area (Å²) in [5, 5.41) is 0. The van der Waals surface area contributed by atoms with Crippen molar-refractivity contribution in [3.63, 3.8) is 0 Å². The predicted octanol–water partition coefficient (Wildman–Crippen LogP) is 4.30. The Labute approximate surface area is 154 Å². The molecule has 0 saturated heterocycles. The van der Waals surface area contributed by atoms with Crippen LogP contribution in [0.1, 0.15) is 21.5 Å². The molecule has 0 N–H and O–H groups in total. The molecule has 25 heavy (non-hydrogen) atoms. The van der Waals surface area contributed by atoms with E-state index in [1.807, 2.05) is 0 Å². The van der Waals surface area contributed by atoms with Crippen LogP contribution in [-0.2, 0) is 7.05 Å². The standard InChI is InChI=1S/C22H21N2Se/c1-16-15-18(17(2)24(16)19-9-5-4-6-10-19)13-14-22-23(3)20-11-7-8-12-21(20)25-22/h4-15H,1-3H3/q+1. The van der Waals surface area contributed by atoms with Gasteiger partial charge in [-0.1, -0.05) is 0 Å². The third kappa shape index (κ3) is 2.90. The third-order valence-electron chi connectivity index (χ3n) is 4.66. The zero-order valence-corrected chi connectivity index (χ0v) is 16.4. The van der Waals surface area contributed by atoms with Crippen LogP contribution in [0.15, 0.2) is 60.7 Å². The first-order valence-corrected chi connectivity index (χ1v) is 10.2. The zero-order valence-electron chi connectivity index (χ0n) is 14.7. The molecule has 0 aliphatic rings. The Kier molecular flexibility index (Phi) is 4.20. The molecule has 0 saturated carbocycles. The van der Waals surface area contributed by atoms with Crippen molar-refractivity contribution in [1.82, 2.24) is 4.57 Å². The van der Waals surface area contributed by atoms with Gasteiger partial charge in [-0.2, -0.15) is 0 Å². The molecule has 0 amide bonds. The Morgan fingerprint density at radius 2 is 1.64 bits per heavy atom. The van der Waals surface area contributed by atoms with Crippen molar-refractivity contribution < 1.29 is 4.57 Å². The van der Waals surface area contributed by atoms with Crippen molar-refractivity contribution in [1.29, 1.82) is 0 Å². The first kappa shape index (κ1) is 16.1. The van der Waals surface area contributed by atoms with Crippen LogP contribution in [0.4, 0.5) is 0 Å². The summed E-state index contributed by atoms with van der Waals surface area (Å²) >= 11 is 0.382. The summed E-state index contributed by atoms with van der Waals surface area (Å²) in [5.41, 5.74) is 6.40. The van der Waals surface area contributed by atoms with Gasteiger partial charge in [0, 0.05) is 0 Å². The molecule has 0 unspecified atom stereocenters. The van der Waals surface area contributed by atoms with Gasteiger partial charge in [0.05, 0.1) is 0 Å². The molecule has 2 nitrogen and oxygen atoms in total. The van der Waals surface area contributed by atoms with Crippen LogP contribution in [-0.4, -0.2) is 19.1 Å². The molecule has 3 heteroatoms. The van der Waals surface area contributed by atoms with Crippen LogP contribution in [0.3, 0.4) is 0 Å². The van der Waals surface area contributed by atoms with E-state index in [4.69, 9.17) is 0 Å². The van der Waals surface area contributed by atoms with E-state index in [1.54, 1.807) is 0 Å². The molecule has 0 spiro atoms. The van der Waals surface area contributed by atoms with E-state index in [9.17, 15) is 0 Å². The van der Waals surface area contributed by atoms with Crippen LogP contribution in [0.25, 0.3) is 27.6 Å². The molecule has 0 radical (unpaired) electrons. The fourth-order valence-corrected chi connectivity index (χ4v) is 5.57. The van der Waals surface area contributed by atoms with Gasteiger partial charge in [-0.15, -0.1) is 0 Å². The third-order valence-corrected chi connectivity index (χ3v) is 7.15. The number of aromatic nitrogens is 2. The number of rotatable bonds is 3. The monoisotopic (exact) mass is 393 g/mol. The van der Waals surface area contributed by atoms with Gasteiger partial charge in [-0.25, -0.2) is 0 Å². The molecule has 124 valence electrons. The second-order valence-electron chi connectivity index (χ2n) is 6.30. The molecule has 2 aromatic carbocycles. The maximum absolute atomic E-state index is 2.32. The molecule has 2 aromatic heterocycles. The molecule has 0 aliphatic heterocycles. The molecular weight excluding hydrogens is 371 g/mol. The van der Waals surface area contributed by atoms with Crippen LogP contribution in [0, 0.1) is 13.8 Å². The Bertz CT molecular complexity index is 1070. The predicted molar refractivity (Wildman–Crippen MR) is 106 cm³/mol. The van der Waals surface area contributed by atoms with E-state index in [0.29, 0.717) is 14.5 Å². The van der Waals surface area contributed by atoms with E-state index in [1.165, 1.54) is 37.0 Å². The SMILES string of the molecule is Cc1cc(/C=C/c2[se]c3ccccc3[n+]2C)c(C)n1-c1ccccc1. The number of benzene rings is 2. The van der Waals surface area contributed by atoms with Gasteiger partial charge in [0.2, 0.25) is 0 Å². The second-order valence-corrected chi connectivity index (χ2v) is 8.53. The maximum atomic E-state index is 2.32. The summed E-state index contributed by atoms with van der Waals surface area (Å²) < 4.78 is 7.51. The Morgan fingerprint density at radius 3 is 2.40 bits per heavy atom. The first-order chi connectivity index (χ1) is 12.1. The zero-order chi connectivity index (χ0) is 17.4. The van der Waals surface area contributed by atoms with Crippen molar-refractivity contribution in [2.24, 2.45) is 7.05 Å². The quantitative estimate of drug-likeness (QED) is 0.363. The van der Waals surface area contributed by atoms with Crippen molar-refractivity contribution in [3.05, 3.63) is 82.2 Å². The molecule has 4 aromatic rings. The van der Waals surface area contributed by atoms with E-state index in [0.717, 1.165) is 0 Å². The fourth-order valence-electron chi connectivity index (χ4n) is 3.36. The van der Waals surface area contributed by atoms with Gasteiger partial charge < -0.3 is 0 Å². The molecule has 0 bridgehead atoms. The van der Waals surface area contributed by atoms with Gasteiger partial charge in [0.25, 0.3) is 0 Å². The van der Waals surface area contributed by atoms with Crippen LogP contribution < -0.4 is 4.57 Å². The summed E-state index contributed by atoms with van der Waals surface area (Å²) in [6.07, 6.45) is 4.55. The van der Waals surface area contributed by atoms with Crippen LogP contribution in [0.2, 0.25) is 0 Å². The number of hydrogen-bond acceptors (Lipinski definition) is 0.